The van der Waals surface area contributed by atoms with Gasteiger partial charge in [0.1, 0.15) is 6.61 Å². The molecule has 0 fully saturated rings. The molecule has 0 aliphatic rings. The molecule has 0 saturated heterocycles. The minimum Gasteiger partial charge on any atom is -0.447 e. The molecule has 5 heteroatoms. The number of aliphatic hydroxyl groups excluding tert-OH is 1. The Morgan fingerprint density at radius 2 is 2.07 bits per heavy atom. The molecule has 1 amide bonds. The molecule has 0 aliphatic carbocycles. The summed E-state index contributed by atoms with van der Waals surface area (Å²) in [5, 5.41) is 11.0. The lowest BCUT2D eigenvalue weighted by Crippen LogP contribution is -2.30. The predicted molar refractivity (Wildman–Crippen MR) is 58.8 cm³/mol. The number of carbonyl (C=O) groups is 1. The standard InChI is InChI=1S/C10H22N2O3/c1-3-12(4-2)7-5-6-11-10(14)15-9-8-13/h13H,3-9H2,1-2H3,(H,11,14). The van der Waals surface area contributed by atoms with E-state index in [-0.39, 0.29) is 13.2 Å². The number of rotatable bonds is 8. The van der Waals surface area contributed by atoms with E-state index >= 15 is 0 Å². The molecule has 0 saturated carbocycles. The van der Waals surface area contributed by atoms with Gasteiger partial charge >= 0.3 is 6.09 Å². The number of hydrogen-bond donors (Lipinski definition) is 2. The number of amides is 1. The molecule has 0 aromatic heterocycles. The molecule has 0 spiro atoms. The molecule has 0 atom stereocenters. The maximum absolute atomic E-state index is 10.9. The van der Waals surface area contributed by atoms with Gasteiger partial charge in [0, 0.05) is 6.54 Å². The monoisotopic (exact) mass is 218 g/mol. The number of carbonyl (C=O) groups excluding carboxylic acids is 1. The van der Waals surface area contributed by atoms with E-state index in [9.17, 15) is 4.79 Å². The minimum atomic E-state index is -0.455. The molecule has 0 unspecified atom stereocenters. The smallest absolute Gasteiger partial charge is 0.407 e. The summed E-state index contributed by atoms with van der Waals surface area (Å²) in [6.45, 7) is 7.82. The van der Waals surface area contributed by atoms with Gasteiger partial charge in [0.05, 0.1) is 6.61 Å². The summed E-state index contributed by atoms with van der Waals surface area (Å²) in [4.78, 5) is 13.2. The largest absolute Gasteiger partial charge is 0.447 e. The van der Waals surface area contributed by atoms with Crippen LogP contribution in [0.5, 0.6) is 0 Å². The van der Waals surface area contributed by atoms with Crippen molar-refractivity contribution in [2.75, 3.05) is 39.4 Å². The Morgan fingerprint density at radius 1 is 1.40 bits per heavy atom. The number of nitrogens with one attached hydrogen (secondary N) is 1. The Labute approximate surface area is 91.4 Å². The van der Waals surface area contributed by atoms with Crippen LogP contribution in [0.25, 0.3) is 0 Å². The third-order valence-electron chi connectivity index (χ3n) is 2.14. The van der Waals surface area contributed by atoms with Crippen LogP contribution in [-0.2, 0) is 4.74 Å². The van der Waals surface area contributed by atoms with E-state index < -0.39 is 6.09 Å². The quantitative estimate of drug-likeness (QED) is 0.580. The summed E-state index contributed by atoms with van der Waals surface area (Å²) in [6, 6.07) is 0. The molecule has 0 aromatic carbocycles. The van der Waals surface area contributed by atoms with Crippen LogP contribution >= 0.6 is 0 Å². The van der Waals surface area contributed by atoms with Crippen LogP contribution in [0.4, 0.5) is 4.79 Å². The lowest BCUT2D eigenvalue weighted by Gasteiger charge is -2.17. The van der Waals surface area contributed by atoms with Gasteiger partial charge < -0.3 is 20.1 Å². The molecule has 15 heavy (non-hydrogen) atoms. The van der Waals surface area contributed by atoms with Crippen molar-refractivity contribution in [1.82, 2.24) is 10.2 Å². The Kier molecular flexibility index (Phi) is 9.21. The lowest BCUT2D eigenvalue weighted by molar-refractivity contribution is 0.119. The van der Waals surface area contributed by atoms with Crippen LogP contribution in [0.1, 0.15) is 20.3 Å². The Hall–Kier alpha value is -0.810. The van der Waals surface area contributed by atoms with Crippen LogP contribution < -0.4 is 5.32 Å². The van der Waals surface area contributed by atoms with E-state index in [2.05, 4.69) is 28.8 Å². The second kappa shape index (κ2) is 9.73. The summed E-state index contributed by atoms with van der Waals surface area (Å²) in [6.07, 6.45) is 0.458. The van der Waals surface area contributed by atoms with E-state index in [1.54, 1.807) is 0 Å². The summed E-state index contributed by atoms with van der Waals surface area (Å²) in [5.74, 6) is 0. The van der Waals surface area contributed by atoms with Crippen molar-refractivity contribution < 1.29 is 14.6 Å². The van der Waals surface area contributed by atoms with Crippen molar-refractivity contribution in [2.24, 2.45) is 0 Å². The third kappa shape index (κ3) is 8.20. The molecular formula is C10H22N2O3. The molecule has 0 bridgehead atoms. The van der Waals surface area contributed by atoms with Gasteiger partial charge in [-0.15, -0.1) is 0 Å². The van der Waals surface area contributed by atoms with Gasteiger partial charge in [-0.05, 0) is 26.1 Å². The van der Waals surface area contributed by atoms with E-state index in [1.807, 2.05) is 0 Å². The van der Waals surface area contributed by atoms with Crippen molar-refractivity contribution in [3.05, 3.63) is 0 Å². The summed E-state index contributed by atoms with van der Waals surface area (Å²) in [5.41, 5.74) is 0. The minimum absolute atomic E-state index is 0.0574. The van der Waals surface area contributed by atoms with Gasteiger partial charge in [0.2, 0.25) is 0 Å². The van der Waals surface area contributed by atoms with E-state index in [0.717, 1.165) is 26.1 Å². The molecule has 0 radical (unpaired) electrons. The summed E-state index contributed by atoms with van der Waals surface area (Å²) >= 11 is 0. The predicted octanol–water partition coefficient (Wildman–Crippen LogP) is 0.437. The highest BCUT2D eigenvalue weighted by Crippen LogP contribution is 1.89. The first-order valence-corrected chi connectivity index (χ1v) is 5.48. The van der Waals surface area contributed by atoms with Crippen LogP contribution in [0, 0.1) is 0 Å². The van der Waals surface area contributed by atoms with Crippen molar-refractivity contribution in [2.45, 2.75) is 20.3 Å². The number of ether oxygens (including phenoxy) is 1. The first kappa shape index (κ1) is 14.2. The highest BCUT2D eigenvalue weighted by atomic mass is 16.6. The summed E-state index contributed by atoms with van der Waals surface area (Å²) in [7, 11) is 0. The number of aliphatic hydroxyl groups is 1. The first-order valence-electron chi connectivity index (χ1n) is 5.48. The van der Waals surface area contributed by atoms with Gasteiger partial charge in [0.15, 0.2) is 0 Å². The van der Waals surface area contributed by atoms with Gasteiger partial charge in [-0.2, -0.15) is 0 Å². The molecule has 0 rings (SSSR count). The zero-order chi connectivity index (χ0) is 11.5. The molecule has 0 heterocycles. The van der Waals surface area contributed by atoms with Gasteiger partial charge in [0.25, 0.3) is 0 Å². The Balaban J connectivity index is 3.33. The molecule has 90 valence electrons. The third-order valence-corrected chi connectivity index (χ3v) is 2.14. The van der Waals surface area contributed by atoms with Gasteiger partial charge in [-0.25, -0.2) is 4.79 Å². The van der Waals surface area contributed by atoms with Crippen molar-refractivity contribution in [1.29, 1.82) is 0 Å². The Bertz CT molecular complexity index is 161. The molecule has 2 N–H and O–H groups in total. The second-order valence-corrected chi connectivity index (χ2v) is 3.17. The zero-order valence-electron chi connectivity index (χ0n) is 9.66. The van der Waals surface area contributed by atoms with Crippen molar-refractivity contribution in [3.63, 3.8) is 0 Å². The fraction of sp³-hybridized carbons (Fsp3) is 0.900. The molecular weight excluding hydrogens is 196 g/mol. The second-order valence-electron chi connectivity index (χ2n) is 3.17. The zero-order valence-corrected chi connectivity index (χ0v) is 9.66. The number of alkyl carbamates (subject to hydrolysis) is 1. The van der Waals surface area contributed by atoms with Gasteiger partial charge in [-0.1, -0.05) is 13.8 Å². The molecule has 5 nitrogen and oxygen atoms in total. The Morgan fingerprint density at radius 3 is 2.60 bits per heavy atom. The summed E-state index contributed by atoms with van der Waals surface area (Å²) < 4.78 is 4.64. The maximum Gasteiger partial charge on any atom is 0.407 e. The van der Waals surface area contributed by atoms with Crippen LogP contribution in [0.2, 0.25) is 0 Å². The van der Waals surface area contributed by atoms with E-state index in [4.69, 9.17) is 5.11 Å². The average Bonchev–Trinajstić information content (AvgIpc) is 2.26. The van der Waals surface area contributed by atoms with Crippen molar-refractivity contribution >= 4 is 6.09 Å². The maximum atomic E-state index is 10.9. The van der Waals surface area contributed by atoms with Gasteiger partial charge in [-0.3, -0.25) is 0 Å². The number of hydrogen-bond acceptors (Lipinski definition) is 4. The SMILES string of the molecule is CCN(CC)CCCNC(=O)OCCO. The van der Waals surface area contributed by atoms with Crippen LogP contribution in [0.3, 0.4) is 0 Å². The van der Waals surface area contributed by atoms with Crippen molar-refractivity contribution in [3.8, 4) is 0 Å². The lowest BCUT2D eigenvalue weighted by atomic mass is 10.3. The average molecular weight is 218 g/mol. The number of nitrogens with zero attached hydrogens (tertiary/aromatic N) is 1. The fourth-order valence-corrected chi connectivity index (χ4v) is 1.22. The fourth-order valence-electron chi connectivity index (χ4n) is 1.22. The van der Waals surface area contributed by atoms with Crippen LogP contribution in [-0.4, -0.2) is 55.5 Å². The topological polar surface area (TPSA) is 61.8 Å². The first-order chi connectivity index (χ1) is 7.24. The highest BCUT2D eigenvalue weighted by Gasteiger charge is 2.01. The van der Waals surface area contributed by atoms with E-state index in [0.29, 0.717) is 6.54 Å². The normalized spacial score (nSPS) is 10.4. The van der Waals surface area contributed by atoms with E-state index in [1.165, 1.54) is 0 Å². The molecule has 0 aromatic rings. The highest BCUT2D eigenvalue weighted by molar-refractivity contribution is 5.66. The van der Waals surface area contributed by atoms with Crippen LogP contribution in [0.15, 0.2) is 0 Å². The molecule has 0 aliphatic heterocycles.